The largest absolute Gasteiger partial charge is 0.494 e. The first-order valence-corrected chi connectivity index (χ1v) is 4.50. The summed E-state index contributed by atoms with van der Waals surface area (Å²) in [4.78, 5) is 3.88. The predicted molar refractivity (Wildman–Crippen MR) is 57.0 cm³/mol. The molecule has 0 aliphatic carbocycles. The second-order valence-corrected chi connectivity index (χ2v) is 2.77. The van der Waals surface area contributed by atoms with Crippen LogP contribution in [0.2, 0.25) is 0 Å². The first kappa shape index (κ1) is 9.90. The number of hydrogen-bond donors (Lipinski definition) is 0. The molecule has 0 atom stereocenters. The molecule has 0 unspecified atom stereocenters. The zero-order chi connectivity index (χ0) is 9.68. The number of benzene rings is 1. The fourth-order valence-corrected chi connectivity index (χ4v) is 1.18. The minimum Gasteiger partial charge on any atom is -0.494 e. The van der Waals surface area contributed by atoms with Crippen molar-refractivity contribution in [2.24, 2.45) is 4.99 Å². The van der Waals surface area contributed by atoms with Crippen molar-refractivity contribution in [1.29, 1.82) is 0 Å². The molecule has 3 heteroatoms. The zero-order valence-electron chi connectivity index (χ0n) is 7.70. The Balaban J connectivity index is 2.97. The molecular formula is C10H11NOS. The summed E-state index contributed by atoms with van der Waals surface area (Å²) in [5.41, 5.74) is 1.88. The second-order valence-electron chi connectivity index (χ2n) is 2.59. The minimum absolute atomic E-state index is 0.677. The van der Waals surface area contributed by atoms with E-state index in [0.717, 1.165) is 17.0 Å². The second kappa shape index (κ2) is 4.75. The molecular weight excluding hydrogens is 182 g/mol. The average Bonchev–Trinajstić information content (AvgIpc) is 2.10. The monoisotopic (exact) mass is 193 g/mol. The quantitative estimate of drug-likeness (QED) is 0.543. The summed E-state index contributed by atoms with van der Waals surface area (Å²) in [6.45, 7) is 4.62. The van der Waals surface area contributed by atoms with Crippen molar-refractivity contribution in [3.8, 4) is 5.75 Å². The number of ether oxygens (including phenoxy) is 1. The SMILES string of the molecule is CCOc1ccc(N=C=S)cc1C. The Bertz CT molecular complexity index is 343. The van der Waals surface area contributed by atoms with E-state index in [0.29, 0.717) is 6.61 Å². The van der Waals surface area contributed by atoms with Gasteiger partial charge in [-0.15, -0.1) is 0 Å². The molecule has 0 radical (unpaired) electrons. The summed E-state index contributed by atoms with van der Waals surface area (Å²) in [5.74, 6) is 0.894. The molecule has 0 aromatic heterocycles. The fraction of sp³-hybridized carbons (Fsp3) is 0.300. The van der Waals surface area contributed by atoms with Crippen LogP contribution in [-0.4, -0.2) is 11.8 Å². The van der Waals surface area contributed by atoms with Crippen LogP contribution in [0.1, 0.15) is 12.5 Å². The summed E-state index contributed by atoms with van der Waals surface area (Å²) < 4.78 is 5.38. The first-order chi connectivity index (χ1) is 6.27. The third-order valence-electron chi connectivity index (χ3n) is 1.63. The van der Waals surface area contributed by atoms with E-state index in [4.69, 9.17) is 4.74 Å². The van der Waals surface area contributed by atoms with Gasteiger partial charge < -0.3 is 4.74 Å². The molecule has 0 bridgehead atoms. The fourth-order valence-electron chi connectivity index (χ4n) is 1.07. The minimum atomic E-state index is 0.677. The lowest BCUT2D eigenvalue weighted by Crippen LogP contribution is -1.92. The van der Waals surface area contributed by atoms with Crippen molar-refractivity contribution >= 4 is 23.1 Å². The molecule has 0 N–H and O–H groups in total. The zero-order valence-corrected chi connectivity index (χ0v) is 8.52. The molecule has 0 saturated heterocycles. The highest BCUT2D eigenvalue weighted by Crippen LogP contribution is 2.23. The van der Waals surface area contributed by atoms with E-state index in [1.165, 1.54) is 0 Å². The number of hydrogen-bond acceptors (Lipinski definition) is 3. The van der Waals surface area contributed by atoms with Crippen LogP contribution in [0.4, 0.5) is 5.69 Å². The highest BCUT2D eigenvalue weighted by atomic mass is 32.1. The number of aryl methyl sites for hydroxylation is 1. The number of thiocarbonyl (C=S) groups is 1. The lowest BCUT2D eigenvalue weighted by Gasteiger charge is -2.06. The number of nitrogens with zero attached hydrogens (tertiary/aromatic N) is 1. The lowest BCUT2D eigenvalue weighted by atomic mass is 10.2. The summed E-state index contributed by atoms with van der Waals surface area (Å²) >= 11 is 4.51. The van der Waals surface area contributed by atoms with Gasteiger partial charge in [0.15, 0.2) is 0 Å². The third kappa shape index (κ3) is 2.65. The van der Waals surface area contributed by atoms with Gasteiger partial charge in [0.25, 0.3) is 0 Å². The van der Waals surface area contributed by atoms with Gasteiger partial charge in [0.1, 0.15) is 5.75 Å². The van der Waals surface area contributed by atoms with Crippen LogP contribution < -0.4 is 4.74 Å². The van der Waals surface area contributed by atoms with Crippen molar-refractivity contribution in [2.75, 3.05) is 6.61 Å². The van der Waals surface area contributed by atoms with Crippen molar-refractivity contribution in [3.05, 3.63) is 23.8 Å². The maximum absolute atomic E-state index is 5.38. The Labute approximate surface area is 83.3 Å². The average molecular weight is 193 g/mol. The van der Waals surface area contributed by atoms with Crippen LogP contribution in [0.25, 0.3) is 0 Å². The molecule has 0 aliphatic heterocycles. The van der Waals surface area contributed by atoms with E-state index in [1.54, 1.807) is 0 Å². The molecule has 0 amide bonds. The molecule has 0 saturated carbocycles. The molecule has 2 nitrogen and oxygen atoms in total. The Hall–Kier alpha value is -1.18. The van der Waals surface area contributed by atoms with Crippen molar-refractivity contribution in [1.82, 2.24) is 0 Å². The molecule has 0 fully saturated rings. The number of isothiocyanates is 1. The van der Waals surface area contributed by atoms with Crippen LogP contribution in [0.3, 0.4) is 0 Å². The summed E-state index contributed by atoms with van der Waals surface area (Å²) in [6.07, 6.45) is 0. The Morgan fingerprint density at radius 2 is 2.31 bits per heavy atom. The molecule has 0 heterocycles. The van der Waals surface area contributed by atoms with Gasteiger partial charge in [-0.2, -0.15) is 4.99 Å². The van der Waals surface area contributed by atoms with Crippen molar-refractivity contribution in [3.63, 3.8) is 0 Å². The van der Waals surface area contributed by atoms with Gasteiger partial charge >= 0.3 is 0 Å². The van der Waals surface area contributed by atoms with Crippen LogP contribution >= 0.6 is 12.2 Å². The van der Waals surface area contributed by atoms with Crippen molar-refractivity contribution in [2.45, 2.75) is 13.8 Å². The van der Waals surface area contributed by atoms with Crippen LogP contribution in [-0.2, 0) is 0 Å². The normalized spacial score (nSPS) is 9.08. The van der Waals surface area contributed by atoms with Gasteiger partial charge in [-0.25, -0.2) is 0 Å². The molecule has 1 aromatic carbocycles. The predicted octanol–water partition coefficient (Wildman–Crippen LogP) is 3.13. The lowest BCUT2D eigenvalue weighted by molar-refractivity contribution is 0.338. The van der Waals surface area contributed by atoms with Crippen LogP contribution in [0.5, 0.6) is 5.75 Å². The van der Waals surface area contributed by atoms with Crippen LogP contribution in [0, 0.1) is 6.92 Å². The standard InChI is InChI=1S/C10H11NOS/c1-3-12-10-5-4-9(11-7-13)6-8(10)2/h4-6H,3H2,1-2H3. The summed E-state index contributed by atoms with van der Waals surface area (Å²) in [5, 5.41) is 2.33. The highest BCUT2D eigenvalue weighted by molar-refractivity contribution is 7.78. The maximum Gasteiger partial charge on any atom is 0.122 e. The van der Waals surface area contributed by atoms with Gasteiger partial charge in [-0.1, -0.05) is 0 Å². The van der Waals surface area contributed by atoms with Gasteiger partial charge in [0.05, 0.1) is 17.5 Å². The topological polar surface area (TPSA) is 21.6 Å². The Morgan fingerprint density at radius 3 is 2.85 bits per heavy atom. The molecule has 13 heavy (non-hydrogen) atoms. The Morgan fingerprint density at radius 1 is 1.54 bits per heavy atom. The number of aliphatic imine (C=N–C) groups is 1. The summed E-state index contributed by atoms with van der Waals surface area (Å²) in [7, 11) is 0. The molecule has 0 spiro atoms. The molecule has 0 aliphatic rings. The van der Waals surface area contributed by atoms with E-state index < -0.39 is 0 Å². The van der Waals surface area contributed by atoms with Crippen molar-refractivity contribution < 1.29 is 4.74 Å². The first-order valence-electron chi connectivity index (χ1n) is 4.09. The van der Waals surface area contributed by atoms with E-state index in [2.05, 4.69) is 22.4 Å². The highest BCUT2D eigenvalue weighted by Gasteiger charge is 1.98. The summed E-state index contributed by atoms with van der Waals surface area (Å²) in [6, 6.07) is 5.67. The van der Waals surface area contributed by atoms with Crippen LogP contribution in [0.15, 0.2) is 23.2 Å². The molecule has 1 aromatic rings. The smallest absolute Gasteiger partial charge is 0.122 e. The third-order valence-corrected chi connectivity index (χ3v) is 1.72. The van der Waals surface area contributed by atoms with E-state index in [-0.39, 0.29) is 0 Å². The van der Waals surface area contributed by atoms with E-state index in [9.17, 15) is 0 Å². The molecule has 1 rings (SSSR count). The molecule has 68 valence electrons. The number of rotatable bonds is 3. The van der Waals surface area contributed by atoms with E-state index >= 15 is 0 Å². The van der Waals surface area contributed by atoms with Gasteiger partial charge in [-0.3, -0.25) is 0 Å². The van der Waals surface area contributed by atoms with E-state index in [1.807, 2.05) is 32.0 Å². The Kier molecular flexibility index (Phi) is 3.62. The van der Waals surface area contributed by atoms with Gasteiger partial charge in [-0.05, 0) is 49.8 Å². The maximum atomic E-state index is 5.38. The van der Waals surface area contributed by atoms with Gasteiger partial charge in [0.2, 0.25) is 0 Å². The van der Waals surface area contributed by atoms with Gasteiger partial charge in [0, 0.05) is 0 Å².